The molecule has 0 bridgehead atoms. The number of rotatable bonds is 4. The van der Waals surface area contributed by atoms with Crippen LogP contribution in [0.25, 0.3) is 0 Å². The Bertz CT molecular complexity index is 561. The van der Waals surface area contributed by atoms with Crippen LogP contribution in [0.2, 0.25) is 0 Å². The van der Waals surface area contributed by atoms with Gasteiger partial charge < -0.3 is 15.5 Å². The van der Waals surface area contributed by atoms with Gasteiger partial charge in [-0.25, -0.2) is 4.79 Å². The number of nitrogens with one attached hydrogen (secondary N) is 2. The number of carbonyl (C=O) groups is 2. The Balaban J connectivity index is 1.48. The molecular weight excluding hydrogens is 290 g/mol. The van der Waals surface area contributed by atoms with Crippen molar-refractivity contribution in [2.75, 3.05) is 26.7 Å². The van der Waals surface area contributed by atoms with E-state index in [0.29, 0.717) is 19.6 Å². The van der Waals surface area contributed by atoms with Crippen molar-refractivity contribution in [1.29, 1.82) is 0 Å². The van der Waals surface area contributed by atoms with Gasteiger partial charge in [-0.3, -0.25) is 4.79 Å². The summed E-state index contributed by atoms with van der Waals surface area (Å²) < 4.78 is 0. The molecule has 2 N–H and O–H groups in total. The van der Waals surface area contributed by atoms with Crippen LogP contribution in [0, 0.1) is 5.92 Å². The van der Waals surface area contributed by atoms with Gasteiger partial charge in [-0.05, 0) is 31.2 Å². The number of nitrogens with zero attached hydrogens (tertiary/aromatic N) is 1. The first-order chi connectivity index (χ1) is 11.1. The zero-order chi connectivity index (χ0) is 16.3. The van der Waals surface area contributed by atoms with Crippen LogP contribution in [0.15, 0.2) is 30.3 Å². The van der Waals surface area contributed by atoms with E-state index in [1.165, 1.54) is 5.56 Å². The quantitative estimate of drug-likeness (QED) is 0.891. The fourth-order valence-electron chi connectivity index (χ4n) is 3.42. The maximum absolute atomic E-state index is 12.4. The van der Waals surface area contributed by atoms with Gasteiger partial charge in [0.15, 0.2) is 0 Å². The first-order valence-electron chi connectivity index (χ1n) is 8.44. The average Bonchev–Trinajstić information content (AvgIpc) is 3.41. The van der Waals surface area contributed by atoms with E-state index in [1.807, 2.05) is 11.0 Å². The Morgan fingerprint density at radius 1 is 1.17 bits per heavy atom. The lowest BCUT2D eigenvalue weighted by molar-refractivity contribution is -0.125. The highest BCUT2D eigenvalue weighted by atomic mass is 16.2. The highest BCUT2D eigenvalue weighted by Crippen LogP contribution is 2.47. The molecule has 5 nitrogen and oxygen atoms in total. The van der Waals surface area contributed by atoms with Crippen LogP contribution in [0.1, 0.15) is 31.2 Å². The predicted octanol–water partition coefficient (Wildman–Crippen LogP) is 1.89. The summed E-state index contributed by atoms with van der Waals surface area (Å²) in [4.78, 5) is 25.8. The molecule has 124 valence electrons. The van der Waals surface area contributed by atoms with Crippen LogP contribution in [-0.2, 0) is 10.2 Å². The summed E-state index contributed by atoms with van der Waals surface area (Å²) in [5, 5.41) is 5.79. The molecular formula is C18H25N3O2. The van der Waals surface area contributed by atoms with Gasteiger partial charge in [-0.1, -0.05) is 30.3 Å². The van der Waals surface area contributed by atoms with Crippen molar-refractivity contribution in [3.05, 3.63) is 35.9 Å². The molecule has 0 atom stereocenters. The predicted molar refractivity (Wildman–Crippen MR) is 89.1 cm³/mol. The van der Waals surface area contributed by atoms with Crippen molar-refractivity contribution in [3.8, 4) is 0 Å². The fraction of sp³-hybridized carbons (Fsp3) is 0.556. The molecule has 1 heterocycles. The number of carbonyl (C=O) groups excluding carboxylic acids is 2. The van der Waals surface area contributed by atoms with Crippen molar-refractivity contribution >= 4 is 11.9 Å². The molecule has 1 aliphatic carbocycles. The maximum atomic E-state index is 12.4. The zero-order valence-electron chi connectivity index (χ0n) is 13.7. The van der Waals surface area contributed by atoms with E-state index in [1.54, 1.807) is 7.05 Å². The molecule has 3 amide bonds. The van der Waals surface area contributed by atoms with Crippen LogP contribution >= 0.6 is 0 Å². The Kier molecular flexibility index (Phi) is 4.55. The van der Waals surface area contributed by atoms with Gasteiger partial charge in [0.05, 0.1) is 0 Å². The van der Waals surface area contributed by atoms with Crippen molar-refractivity contribution in [2.45, 2.75) is 31.1 Å². The van der Waals surface area contributed by atoms with E-state index in [2.05, 4.69) is 34.9 Å². The minimum absolute atomic E-state index is 0.00237. The molecule has 23 heavy (non-hydrogen) atoms. The second kappa shape index (κ2) is 6.60. The largest absolute Gasteiger partial charge is 0.359 e. The van der Waals surface area contributed by atoms with Crippen molar-refractivity contribution in [1.82, 2.24) is 15.5 Å². The summed E-state index contributed by atoms with van der Waals surface area (Å²) in [5.74, 6) is 0.134. The van der Waals surface area contributed by atoms with Gasteiger partial charge in [0.25, 0.3) is 0 Å². The van der Waals surface area contributed by atoms with Crippen molar-refractivity contribution in [2.24, 2.45) is 5.92 Å². The molecule has 0 spiro atoms. The second-order valence-corrected chi connectivity index (χ2v) is 6.68. The van der Waals surface area contributed by atoms with Crippen LogP contribution in [0.3, 0.4) is 0 Å². The van der Waals surface area contributed by atoms with E-state index in [-0.39, 0.29) is 23.3 Å². The van der Waals surface area contributed by atoms with E-state index >= 15 is 0 Å². The van der Waals surface area contributed by atoms with Gasteiger partial charge >= 0.3 is 6.03 Å². The lowest BCUT2D eigenvalue weighted by Crippen LogP contribution is -2.48. The Morgan fingerprint density at radius 3 is 2.39 bits per heavy atom. The number of likely N-dealkylation sites (tertiary alicyclic amines) is 1. The van der Waals surface area contributed by atoms with Gasteiger partial charge in [-0.2, -0.15) is 0 Å². The molecule has 1 saturated heterocycles. The molecule has 3 rings (SSSR count). The van der Waals surface area contributed by atoms with Gasteiger partial charge in [0, 0.05) is 38.0 Å². The Labute approximate surface area is 137 Å². The van der Waals surface area contributed by atoms with Crippen molar-refractivity contribution < 1.29 is 9.59 Å². The lowest BCUT2D eigenvalue weighted by atomic mass is 9.95. The molecule has 0 unspecified atom stereocenters. The maximum Gasteiger partial charge on any atom is 0.317 e. The van der Waals surface area contributed by atoms with E-state index < -0.39 is 0 Å². The first-order valence-corrected chi connectivity index (χ1v) is 8.44. The number of hydrogen-bond acceptors (Lipinski definition) is 2. The average molecular weight is 315 g/mol. The molecule has 0 aromatic heterocycles. The van der Waals surface area contributed by atoms with E-state index in [4.69, 9.17) is 0 Å². The molecule has 2 fully saturated rings. The Morgan fingerprint density at radius 2 is 1.83 bits per heavy atom. The van der Waals surface area contributed by atoms with Gasteiger partial charge in [0.2, 0.25) is 5.91 Å². The van der Waals surface area contributed by atoms with Crippen LogP contribution in [0.5, 0.6) is 0 Å². The topological polar surface area (TPSA) is 61.4 Å². The minimum atomic E-state index is 0.00237. The SMILES string of the molecule is CNC(=O)C1CCN(C(=O)NCC2(c3ccccc3)CC2)CC1. The summed E-state index contributed by atoms with van der Waals surface area (Å²) in [6, 6.07) is 10.4. The number of amides is 3. The standard InChI is InChI=1S/C18H25N3O2/c1-19-16(22)14-7-11-21(12-8-14)17(23)20-13-18(9-10-18)15-5-3-2-4-6-15/h2-6,14H,7-13H2,1H3,(H,19,22)(H,20,23). The number of hydrogen-bond donors (Lipinski definition) is 2. The second-order valence-electron chi connectivity index (χ2n) is 6.68. The molecule has 5 heteroatoms. The molecule has 1 saturated carbocycles. The summed E-state index contributed by atoms with van der Waals surface area (Å²) in [7, 11) is 1.67. The van der Waals surface area contributed by atoms with Crippen LogP contribution in [-0.4, -0.2) is 43.5 Å². The zero-order valence-corrected chi connectivity index (χ0v) is 13.7. The number of benzene rings is 1. The fourth-order valence-corrected chi connectivity index (χ4v) is 3.42. The van der Waals surface area contributed by atoms with Crippen molar-refractivity contribution in [3.63, 3.8) is 0 Å². The van der Waals surface area contributed by atoms with Crippen LogP contribution < -0.4 is 10.6 Å². The molecule has 1 aromatic carbocycles. The summed E-state index contributed by atoms with van der Waals surface area (Å²) in [6.45, 7) is 2.01. The monoisotopic (exact) mass is 315 g/mol. The third kappa shape index (κ3) is 3.49. The highest BCUT2D eigenvalue weighted by Gasteiger charge is 2.44. The van der Waals surface area contributed by atoms with Gasteiger partial charge in [-0.15, -0.1) is 0 Å². The smallest absolute Gasteiger partial charge is 0.317 e. The van der Waals surface area contributed by atoms with E-state index in [0.717, 1.165) is 25.7 Å². The third-order valence-electron chi connectivity index (χ3n) is 5.22. The number of urea groups is 1. The van der Waals surface area contributed by atoms with E-state index in [9.17, 15) is 9.59 Å². The number of piperidine rings is 1. The summed E-state index contributed by atoms with van der Waals surface area (Å²) >= 11 is 0. The van der Waals surface area contributed by atoms with Crippen LogP contribution in [0.4, 0.5) is 4.79 Å². The molecule has 1 aromatic rings. The minimum Gasteiger partial charge on any atom is -0.359 e. The third-order valence-corrected chi connectivity index (χ3v) is 5.22. The van der Waals surface area contributed by atoms with Gasteiger partial charge in [0.1, 0.15) is 0 Å². The lowest BCUT2D eigenvalue weighted by Gasteiger charge is -2.31. The highest BCUT2D eigenvalue weighted by molar-refractivity contribution is 5.79. The Hall–Kier alpha value is -2.04. The molecule has 1 aliphatic heterocycles. The summed E-state index contributed by atoms with van der Waals surface area (Å²) in [5.41, 5.74) is 1.45. The molecule has 0 radical (unpaired) electrons. The first kappa shape index (κ1) is 15.8. The summed E-state index contributed by atoms with van der Waals surface area (Å²) in [6.07, 6.45) is 3.76. The molecule has 2 aliphatic rings. The normalized spacial score (nSPS) is 20.0.